The van der Waals surface area contributed by atoms with E-state index >= 15 is 0 Å². The van der Waals surface area contributed by atoms with Crippen LogP contribution in [-0.4, -0.2) is 36.4 Å². The van der Waals surface area contributed by atoms with Crippen LogP contribution in [0.15, 0.2) is 48.5 Å². The Balaban J connectivity index is 1.54. The molecule has 4 rings (SSSR count). The van der Waals surface area contributed by atoms with Crippen LogP contribution < -0.4 is 0 Å². The molecule has 126 valence electrons. The van der Waals surface area contributed by atoms with Crippen LogP contribution in [-0.2, 0) is 4.74 Å². The molecule has 1 aliphatic heterocycles. The Hall–Kier alpha value is -2.87. The minimum absolute atomic E-state index is 0.0411. The molecule has 0 bridgehead atoms. The maximum atomic E-state index is 13.5. The fourth-order valence-electron chi connectivity index (χ4n) is 3.79. The van der Waals surface area contributed by atoms with Crippen molar-refractivity contribution >= 4 is 6.09 Å². The summed E-state index contributed by atoms with van der Waals surface area (Å²) in [6, 6.07) is 17.4. The average Bonchev–Trinajstić information content (AvgIpc) is 3.18. The highest BCUT2D eigenvalue weighted by Gasteiger charge is 2.37. The second-order valence-corrected chi connectivity index (χ2v) is 6.43. The van der Waals surface area contributed by atoms with Gasteiger partial charge in [0.25, 0.3) is 0 Å². The summed E-state index contributed by atoms with van der Waals surface area (Å²) in [4.78, 5) is 13.5. The third-order valence-corrected chi connectivity index (χ3v) is 4.97. The predicted molar refractivity (Wildman–Crippen MR) is 90.7 cm³/mol. The first-order valence-corrected chi connectivity index (χ1v) is 8.34. The zero-order valence-corrected chi connectivity index (χ0v) is 13.6. The summed E-state index contributed by atoms with van der Waals surface area (Å²) < 4.78 is 19.0. The standard InChI is InChI=1S/C20H17FN2O2/c21-13-9-14(10-22)23(11-13)20(24)25-12-19-17-7-3-1-5-15(17)16-6-2-4-8-18(16)19/h1-8,13-14,19H,9,11-12H2/t13-,14+/m1/s1. The van der Waals surface area contributed by atoms with Gasteiger partial charge >= 0.3 is 6.09 Å². The van der Waals surface area contributed by atoms with Crippen LogP contribution in [0.2, 0.25) is 0 Å². The highest BCUT2D eigenvalue weighted by molar-refractivity contribution is 5.79. The quantitative estimate of drug-likeness (QED) is 0.836. The minimum Gasteiger partial charge on any atom is -0.448 e. The molecule has 25 heavy (non-hydrogen) atoms. The third kappa shape index (κ3) is 2.64. The number of alkyl halides is 1. The Kier molecular flexibility index (Phi) is 3.89. The Labute approximate surface area is 145 Å². The number of nitrogens with zero attached hydrogens (tertiary/aromatic N) is 2. The zero-order chi connectivity index (χ0) is 17.4. The first kappa shape index (κ1) is 15.6. The normalized spacial score (nSPS) is 21.5. The van der Waals surface area contributed by atoms with Crippen LogP contribution in [0.25, 0.3) is 11.1 Å². The van der Waals surface area contributed by atoms with Gasteiger partial charge in [0.1, 0.15) is 18.8 Å². The van der Waals surface area contributed by atoms with Gasteiger partial charge in [0.2, 0.25) is 0 Å². The molecule has 1 amide bonds. The number of hydrogen-bond donors (Lipinski definition) is 0. The van der Waals surface area contributed by atoms with E-state index in [-0.39, 0.29) is 25.5 Å². The van der Waals surface area contributed by atoms with E-state index in [1.807, 2.05) is 42.5 Å². The van der Waals surface area contributed by atoms with Crippen molar-refractivity contribution in [3.05, 3.63) is 59.7 Å². The smallest absolute Gasteiger partial charge is 0.410 e. The number of ether oxygens (including phenoxy) is 1. The third-order valence-electron chi connectivity index (χ3n) is 4.97. The van der Waals surface area contributed by atoms with Crippen molar-refractivity contribution < 1.29 is 13.9 Å². The summed E-state index contributed by atoms with van der Waals surface area (Å²) in [5.41, 5.74) is 4.55. The second-order valence-electron chi connectivity index (χ2n) is 6.43. The second kappa shape index (κ2) is 6.21. The van der Waals surface area contributed by atoms with Gasteiger partial charge in [-0.05, 0) is 22.3 Å². The van der Waals surface area contributed by atoms with Crippen LogP contribution >= 0.6 is 0 Å². The number of halogens is 1. The van der Waals surface area contributed by atoms with Crippen molar-refractivity contribution in [2.45, 2.75) is 24.6 Å². The van der Waals surface area contributed by atoms with Crippen LogP contribution in [0, 0.1) is 11.3 Å². The van der Waals surface area contributed by atoms with Crippen molar-refractivity contribution in [2.75, 3.05) is 13.2 Å². The summed E-state index contributed by atoms with van der Waals surface area (Å²) in [6.45, 7) is 0.105. The summed E-state index contributed by atoms with van der Waals surface area (Å²) in [7, 11) is 0. The van der Waals surface area contributed by atoms with Gasteiger partial charge in [-0.25, -0.2) is 9.18 Å². The number of benzene rings is 2. The number of amides is 1. The largest absolute Gasteiger partial charge is 0.448 e. The lowest BCUT2D eigenvalue weighted by Crippen LogP contribution is -2.36. The van der Waals surface area contributed by atoms with Crippen LogP contribution in [0.1, 0.15) is 23.5 Å². The van der Waals surface area contributed by atoms with Crippen molar-refractivity contribution in [2.24, 2.45) is 0 Å². The minimum atomic E-state index is -1.16. The van der Waals surface area contributed by atoms with E-state index in [0.717, 1.165) is 22.3 Å². The van der Waals surface area contributed by atoms with Crippen molar-refractivity contribution in [1.82, 2.24) is 4.90 Å². The molecule has 1 saturated heterocycles. The molecule has 2 aromatic carbocycles. The van der Waals surface area contributed by atoms with E-state index < -0.39 is 18.3 Å². The highest BCUT2D eigenvalue weighted by Crippen LogP contribution is 2.44. The fourth-order valence-corrected chi connectivity index (χ4v) is 3.79. The summed E-state index contributed by atoms with van der Waals surface area (Å²) in [5, 5.41) is 9.08. The van der Waals surface area contributed by atoms with Gasteiger partial charge in [0, 0.05) is 12.3 Å². The van der Waals surface area contributed by atoms with Crippen molar-refractivity contribution in [1.29, 1.82) is 5.26 Å². The van der Waals surface area contributed by atoms with E-state index in [1.165, 1.54) is 4.90 Å². The monoisotopic (exact) mass is 336 g/mol. The maximum Gasteiger partial charge on any atom is 0.410 e. The molecule has 2 aliphatic rings. The van der Waals surface area contributed by atoms with E-state index in [1.54, 1.807) is 0 Å². The Morgan fingerprint density at radius 1 is 1.16 bits per heavy atom. The maximum absolute atomic E-state index is 13.5. The van der Waals surface area contributed by atoms with Gasteiger partial charge in [-0.3, -0.25) is 4.90 Å². The van der Waals surface area contributed by atoms with Gasteiger partial charge in [-0.2, -0.15) is 5.26 Å². The molecule has 0 radical (unpaired) electrons. The number of carbonyl (C=O) groups excluding carboxylic acids is 1. The lowest BCUT2D eigenvalue weighted by Gasteiger charge is -2.21. The number of likely N-dealkylation sites (tertiary alicyclic amines) is 1. The van der Waals surface area contributed by atoms with E-state index in [0.29, 0.717) is 0 Å². The molecule has 4 nitrogen and oxygen atoms in total. The first-order valence-electron chi connectivity index (χ1n) is 8.34. The number of fused-ring (bicyclic) bond motifs is 3. The molecular weight excluding hydrogens is 319 g/mol. The summed E-state index contributed by atoms with van der Waals surface area (Å²) in [6.07, 6.45) is -1.72. The zero-order valence-electron chi connectivity index (χ0n) is 13.6. The molecule has 1 aliphatic carbocycles. The van der Waals surface area contributed by atoms with E-state index in [9.17, 15) is 9.18 Å². The van der Waals surface area contributed by atoms with Gasteiger partial charge in [-0.1, -0.05) is 48.5 Å². The molecule has 2 atom stereocenters. The Morgan fingerprint density at radius 2 is 1.76 bits per heavy atom. The van der Waals surface area contributed by atoms with E-state index in [4.69, 9.17) is 10.00 Å². The number of rotatable bonds is 2. The number of nitriles is 1. The topological polar surface area (TPSA) is 53.3 Å². The summed E-state index contributed by atoms with van der Waals surface area (Å²) in [5.74, 6) is -0.0411. The van der Waals surface area contributed by atoms with Gasteiger partial charge in [0.05, 0.1) is 12.6 Å². The molecule has 1 fully saturated rings. The van der Waals surface area contributed by atoms with Gasteiger partial charge in [-0.15, -0.1) is 0 Å². The number of carbonyl (C=O) groups is 1. The lowest BCUT2D eigenvalue weighted by molar-refractivity contribution is 0.0998. The molecule has 0 saturated carbocycles. The van der Waals surface area contributed by atoms with Crippen molar-refractivity contribution in [3.8, 4) is 17.2 Å². The summed E-state index contributed by atoms with van der Waals surface area (Å²) >= 11 is 0. The van der Waals surface area contributed by atoms with Crippen LogP contribution in [0.4, 0.5) is 9.18 Å². The highest BCUT2D eigenvalue weighted by atomic mass is 19.1. The van der Waals surface area contributed by atoms with Gasteiger partial charge in [0.15, 0.2) is 0 Å². The molecular formula is C20H17FN2O2. The van der Waals surface area contributed by atoms with Crippen LogP contribution in [0.5, 0.6) is 0 Å². The van der Waals surface area contributed by atoms with Crippen molar-refractivity contribution in [3.63, 3.8) is 0 Å². The molecule has 0 aromatic heterocycles. The molecule has 0 spiro atoms. The Bertz CT molecular complexity index is 815. The SMILES string of the molecule is N#C[C@@H]1C[C@@H](F)CN1C(=O)OCC1c2ccccc2-c2ccccc21. The predicted octanol–water partition coefficient (Wildman–Crippen LogP) is 3.87. The number of hydrogen-bond acceptors (Lipinski definition) is 3. The molecule has 0 unspecified atom stereocenters. The molecule has 1 heterocycles. The fraction of sp³-hybridized carbons (Fsp3) is 0.300. The lowest BCUT2D eigenvalue weighted by atomic mass is 9.98. The van der Waals surface area contributed by atoms with Gasteiger partial charge < -0.3 is 4.74 Å². The average molecular weight is 336 g/mol. The first-order chi connectivity index (χ1) is 12.2. The molecule has 2 aromatic rings. The Morgan fingerprint density at radius 3 is 2.36 bits per heavy atom. The van der Waals surface area contributed by atoms with E-state index in [2.05, 4.69) is 12.1 Å². The molecule has 0 N–H and O–H groups in total. The molecule has 5 heteroatoms. The van der Waals surface area contributed by atoms with Crippen LogP contribution in [0.3, 0.4) is 0 Å².